The summed E-state index contributed by atoms with van der Waals surface area (Å²) in [6, 6.07) is 0.777. The highest BCUT2D eigenvalue weighted by Crippen LogP contribution is 2.26. The van der Waals surface area contributed by atoms with Crippen molar-refractivity contribution in [1.82, 2.24) is 15.1 Å². The zero-order chi connectivity index (χ0) is 13.1. The molecule has 3 heterocycles. The van der Waals surface area contributed by atoms with E-state index in [1.807, 2.05) is 0 Å². The summed E-state index contributed by atoms with van der Waals surface area (Å²) in [6.45, 7) is 11.5. The molecule has 0 aromatic rings. The molecule has 0 aromatic carbocycles. The third-order valence-electron chi connectivity index (χ3n) is 5.34. The molecule has 4 heteroatoms. The van der Waals surface area contributed by atoms with E-state index in [4.69, 9.17) is 4.74 Å². The predicted molar refractivity (Wildman–Crippen MR) is 77.5 cm³/mol. The van der Waals surface area contributed by atoms with Crippen LogP contribution in [0.1, 0.15) is 32.6 Å². The van der Waals surface area contributed by atoms with Gasteiger partial charge in [0.25, 0.3) is 0 Å². The zero-order valence-corrected chi connectivity index (χ0v) is 12.4. The lowest BCUT2D eigenvalue weighted by Crippen LogP contribution is -2.50. The third-order valence-corrected chi connectivity index (χ3v) is 5.34. The maximum atomic E-state index is 5.46. The second-order valence-corrected chi connectivity index (χ2v) is 6.49. The summed E-state index contributed by atoms with van der Waals surface area (Å²) < 4.78 is 5.46. The minimum absolute atomic E-state index is 0.417. The normalized spacial score (nSPS) is 38.1. The molecule has 0 aliphatic carbocycles. The van der Waals surface area contributed by atoms with Crippen LogP contribution in [0.5, 0.6) is 0 Å². The smallest absolute Gasteiger partial charge is 0.0594 e. The van der Waals surface area contributed by atoms with Crippen LogP contribution in [-0.4, -0.2) is 73.9 Å². The van der Waals surface area contributed by atoms with Crippen LogP contribution in [0.25, 0.3) is 0 Å². The Labute approximate surface area is 117 Å². The molecule has 0 saturated carbocycles. The third kappa shape index (κ3) is 3.13. The number of hydrogen-bond acceptors (Lipinski definition) is 4. The zero-order valence-electron chi connectivity index (χ0n) is 12.4. The summed E-state index contributed by atoms with van der Waals surface area (Å²) in [5.41, 5.74) is 0.417. The SMILES string of the molecule is CCC1(CN2CCC(N3CCOCC3)C2)CCCN1. The summed E-state index contributed by atoms with van der Waals surface area (Å²) >= 11 is 0. The van der Waals surface area contributed by atoms with Gasteiger partial charge in [-0.3, -0.25) is 9.80 Å². The summed E-state index contributed by atoms with van der Waals surface area (Å²) in [6.07, 6.45) is 5.34. The van der Waals surface area contributed by atoms with Gasteiger partial charge in [0.15, 0.2) is 0 Å². The molecule has 0 amide bonds. The Morgan fingerprint density at radius 2 is 2.11 bits per heavy atom. The molecule has 3 aliphatic heterocycles. The van der Waals surface area contributed by atoms with Gasteiger partial charge in [-0.2, -0.15) is 0 Å². The van der Waals surface area contributed by atoms with Crippen molar-refractivity contribution < 1.29 is 4.74 Å². The van der Waals surface area contributed by atoms with Crippen molar-refractivity contribution in [2.75, 3.05) is 52.5 Å². The van der Waals surface area contributed by atoms with Crippen molar-refractivity contribution in [2.45, 2.75) is 44.2 Å². The maximum Gasteiger partial charge on any atom is 0.0594 e. The highest BCUT2D eigenvalue weighted by atomic mass is 16.5. The Bertz CT molecular complexity index is 285. The number of rotatable bonds is 4. The van der Waals surface area contributed by atoms with E-state index in [-0.39, 0.29) is 0 Å². The minimum atomic E-state index is 0.417. The van der Waals surface area contributed by atoms with E-state index in [1.165, 1.54) is 51.9 Å². The Hall–Kier alpha value is -0.160. The van der Waals surface area contributed by atoms with Crippen LogP contribution in [0.15, 0.2) is 0 Å². The molecule has 3 fully saturated rings. The Morgan fingerprint density at radius 1 is 1.26 bits per heavy atom. The lowest BCUT2D eigenvalue weighted by atomic mass is 9.93. The molecule has 2 atom stereocenters. The van der Waals surface area contributed by atoms with Crippen LogP contribution in [0.3, 0.4) is 0 Å². The molecule has 0 aromatic heterocycles. The van der Waals surface area contributed by atoms with E-state index >= 15 is 0 Å². The van der Waals surface area contributed by atoms with Crippen LogP contribution in [-0.2, 0) is 4.74 Å². The van der Waals surface area contributed by atoms with Crippen LogP contribution in [0.2, 0.25) is 0 Å². The average Bonchev–Trinajstić information content (AvgIpc) is 3.10. The Balaban J connectivity index is 1.51. The van der Waals surface area contributed by atoms with Crippen molar-refractivity contribution >= 4 is 0 Å². The molecule has 3 rings (SSSR count). The topological polar surface area (TPSA) is 27.7 Å². The van der Waals surface area contributed by atoms with Gasteiger partial charge in [-0.1, -0.05) is 6.92 Å². The molecule has 110 valence electrons. The molecule has 3 saturated heterocycles. The van der Waals surface area contributed by atoms with Crippen molar-refractivity contribution in [3.63, 3.8) is 0 Å². The first-order valence-electron chi connectivity index (χ1n) is 8.10. The van der Waals surface area contributed by atoms with Gasteiger partial charge < -0.3 is 10.1 Å². The largest absolute Gasteiger partial charge is 0.379 e. The number of hydrogen-bond donors (Lipinski definition) is 1. The van der Waals surface area contributed by atoms with Gasteiger partial charge in [-0.25, -0.2) is 0 Å². The molecule has 0 bridgehead atoms. The van der Waals surface area contributed by atoms with Crippen molar-refractivity contribution in [2.24, 2.45) is 0 Å². The monoisotopic (exact) mass is 267 g/mol. The summed E-state index contributed by atoms with van der Waals surface area (Å²) in [7, 11) is 0. The molecule has 4 nitrogen and oxygen atoms in total. The molecule has 0 spiro atoms. The highest BCUT2D eigenvalue weighted by Gasteiger charge is 2.36. The van der Waals surface area contributed by atoms with E-state index in [2.05, 4.69) is 22.0 Å². The molecular formula is C15H29N3O. The predicted octanol–water partition coefficient (Wildman–Crippen LogP) is 0.925. The average molecular weight is 267 g/mol. The van der Waals surface area contributed by atoms with Crippen LogP contribution in [0.4, 0.5) is 0 Å². The lowest BCUT2D eigenvalue weighted by molar-refractivity contribution is 0.0180. The fraction of sp³-hybridized carbons (Fsp3) is 1.00. The quantitative estimate of drug-likeness (QED) is 0.820. The number of morpholine rings is 1. The number of nitrogens with one attached hydrogen (secondary N) is 1. The highest BCUT2D eigenvalue weighted by molar-refractivity contribution is 4.97. The number of nitrogens with zero attached hydrogens (tertiary/aromatic N) is 2. The van der Waals surface area contributed by atoms with Gasteiger partial charge in [0.1, 0.15) is 0 Å². The molecule has 3 aliphatic rings. The lowest BCUT2D eigenvalue weighted by Gasteiger charge is -2.35. The van der Waals surface area contributed by atoms with E-state index in [1.54, 1.807) is 0 Å². The minimum Gasteiger partial charge on any atom is -0.379 e. The van der Waals surface area contributed by atoms with Gasteiger partial charge in [-0.15, -0.1) is 0 Å². The maximum absolute atomic E-state index is 5.46. The Morgan fingerprint density at radius 3 is 2.79 bits per heavy atom. The summed E-state index contributed by atoms with van der Waals surface area (Å²) in [5, 5.41) is 3.77. The van der Waals surface area contributed by atoms with E-state index in [0.29, 0.717) is 5.54 Å². The van der Waals surface area contributed by atoms with Crippen molar-refractivity contribution in [1.29, 1.82) is 0 Å². The van der Waals surface area contributed by atoms with Gasteiger partial charge in [0.05, 0.1) is 13.2 Å². The van der Waals surface area contributed by atoms with Crippen molar-refractivity contribution in [3.05, 3.63) is 0 Å². The van der Waals surface area contributed by atoms with Gasteiger partial charge >= 0.3 is 0 Å². The van der Waals surface area contributed by atoms with Gasteiger partial charge in [0.2, 0.25) is 0 Å². The second kappa shape index (κ2) is 6.08. The first-order chi connectivity index (χ1) is 9.31. The van der Waals surface area contributed by atoms with Crippen LogP contribution >= 0.6 is 0 Å². The first-order valence-corrected chi connectivity index (χ1v) is 8.10. The van der Waals surface area contributed by atoms with E-state index < -0.39 is 0 Å². The molecule has 19 heavy (non-hydrogen) atoms. The van der Waals surface area contributed by atoms with Gasteiger partial charge in [-0.05, 0) is 38.8 Å². The summed E-state index contributed by atoms with van der Waals surface area (Å²) in [4.78, 5) is 5.34. The number of likely N-dealkylation sites (tertiary alicyclic amines) is 1. The Kier molecular flexibility index (Phi) is 4.42. The van der Waals surface area contributed by atoms with Crippen molar-refractivity contribution in [3.8, 4) is 0 Å². The first kappa shape index (κ1) is 13.8. The van der Waals surface area contributed by atoms with Crippen LogP contribution in [0, 0.1) is 0 Å². The standard InChI is InChI=1S/C15H29N3O/c1-2-15(5-3-6-16-15)13-17-7-4-14(12-17)18-8-10-19-11-9-18/h14,16H,2-13H2,1H3. The molecule has 1 N–H and O–H groups in total. The van der Waals surface area contributed by atoms with Crippen LogP contribution < -0.4 is 5.32 Å². The molecular weight excluding hydrogens is 238 g/mol. The molecule has 2 unspecified atom stereocenters. The van der Waals surface area contributed by atoms with Gasteiger partial charge in [0, 0.05) is 37.8 Å². The second-order valence-electron chi connectivity index (χ2n) is 6.49. The van der Waals surface area contributed by atoms with E-state index in [9.17, 15) is 0 Å². The number of ether oxygens (including phenoxy) is 1. The molecule has 0 radical (unpaired) electrons. The fourth-order valence-electron chi connectivity index (χ4n) is 4.04. The fourth-order valence-corrected chi connectivity index (χ4v) is 4.04. The van der Waals surface area contributed by atoms with E-state index in [0.717, 1.165) is 32.3 Å². The summed E-state index contributed by atoms with van der Waals surface area (Å²) in [5.74, 6) is 0.